The van der Waals surface area contributed by atoms with E-state index in [0.29, 0.717) is 22.6 Å². The van der Waals surface area contributed by atoms with Gasteiger partial charge in [0.05, 0.1) is 0 Å². The van der Waals surface area contributed by atoms with E-state index >= 15 is 0 Å². The molecule has 1 aromatic heterocycles. The van der Waals surface area contributed by atoms with Gasteiger partial charge in [0.1, 0.15) is 5.82 Å². The highest BCUT2D eigenvalue weighted by Gasteiger charge is 2.19. The van der Waals surface area contributed by atoms with Gasteiger partial charge in [-0.25, -0.2) is 9.97 Å². The maximum absolute atomic E-state index is 5.92. The fourth-order valence-corrected chi connectivity index (χ4v) is 2.77. The van der Waals surface area contributed by atoms with Crippen molar-refractivity contribution in [3.05, 3.63) is 41.0 Å². The molecular weight excluding hydrogens is 258 g/mol. The SMILES string of the molecule is Nc1cc(C2CCCC2)nc(-c2ccc(Cl)cc2)n1. The van der Waals surface area contributed by atoms with Gasteiger partial charge in [-0.15, -0.1) is 0 Å². The van der Waals surface area contributed by atoms with Gasteiger partial charge in [-0.1, -0.05) is 24.4 Å². The van der Waals surface area contributed by atoms with E-state index in [4.69, 9.17) is 17.3 Å². The van der Waals surface area contributed by atoms with Gasteiger partial charge >= 0.3 is 0 Å². The highest BCUT2D eigenvalue weighted by Crippen LogP contribution is 2.34. The summed E-state index contributed by atoms with van der Waals surface area (Å²) in [5, 5.41) is 0.712. The minimum Gasteiger partial charge on any atom is -0.384 e. The molecule has 1 saturated carbocycles. The molecule has 1 aliphatic carbocycles. The molecule has 98 valence electrons. The van der Waals surface area contributed by atoms with Crippen LogP contribution in [0.25, 0.3) is 11.4 Å². The lowest BCUT2D eigenvalue weighted by Crippen LogP contribution is -2.03. The summed E-state index contributed by atoms with van der Waals surface area (Å²) in [6, 6.07) is 9.46. The second-order valence-electron chi connectivity index (χ2n) is 5.03. The molecule has 2 N–H and O–H groups in total. The van der Waals surface area contributed by atoms with E-state index in [-0.39, 0.29) is 0 Å². The van der Waals surface area contributed by atoms with Crippen molar-refractivity contribution < 1.29 is 0 Å². The molecule has 3 nitrogen and oxygen atoms in total. The van der Waals surface area contributed by atoms with Gasteiger partial charge in [0.25, 0.3) is 0 Å². The predicted molar refractivity (Wildman–Crippen MR) is 78.1 cm³/mol. The van der Waals surface area contributed by atoms with E-state index in [1.54, 1.807) is 0 Å². The Morgan fingerprint density at radius 1 is 1.05 bits per heavy atom. The molecule has 19 heavy (non-hydrogen) atoms. The second-order valence-corrected chi connectivity index (χ2v) is 5.47. The molecule has 0 saturated heterocycles. The minimum atomic E-state index is 0.538. The van der Waals surface area contributed by atoms with E-state index in [0.717, 1.165) is 11.3 Å². The molecule has 1 heterocycles. The Kier molecular flexibility index (Phi) is 3.38. The van der Waals surface area contributed by atoms with Crippen molar-refractivity contribution in [1.29, 1.82) is 0 Å². The molecule has 1 fully saturated rings. The Labute approximate surface area is 117 Å². The van der Waals surface area contributed by atoms with Crippen LogP contribution in [0.5, 0.6) is 0 Å². The van der Waals surface area contributed by atoms with Crippen LogP contribution >= 0.6 is 11.6 Å². The molecule has 3 rings (SSSR count). The monoisotopic (exact) mass is 273 g/mol. The summed E-state index contributed by atoms with van der Waals surface area (Å²) < 4.78 is 0. The number of hydrogen-bond acceptors (Lipinski definition) is 3. The average molecular weight is 274 g/mol. The zero-order chi connectivity index (χ0) is 13.2. The minimum absolute atomic E-state index is 0.538. The molecule has 0 unspecified atom stereocenters. The Morgan fingerprint density at radius 2 is 1.74 bits per heavy atom. The topological polar surface area (TPSA) is 51.8 Å². The lowest BCUT2D eigenvalue weighted by atomic mass is 10.0. The second kappa shape index (κ2) is 5.17. The molecule has 0 amide bonds. The molecule has 4 heteroatoms. The molecule has 0 atom stereocenters. The predicted octanol–water partition coefficient (Wildman–Crippen LogP) is 4.04. The summed E-state index contributed by atoms with van der Waals surface area (Å²) in [5.41, 5.74) is 7.95. The van der Waals surface area contributed by atoms with Crippen LogP contribution in [0.2, 0.25) is 5.02 Å². The first-order chi connectivity index (χ1) is 9.22. The zero-order valence-corrected chi connectivity index (χ0v) is 11.4. The maximum Gasteiger partial charge on any atom is 0.161 e. The molecule has 0 bridgehead atoms. The number of rotatable bonds is 2. The summed E-state index contributed by atoms with van der Waals surface area (Å²) in [6.07, 6.45) is 4.97. The summed E-state index contributed by atoms with van der Waals surface area (Å²) in [4.78, 5) is 9.01. The number of anilines is 1. The van der Waals surface area contributed by atoms with E-state index in [1.165, 1.54) is 25.7 Å². The van der Waals surface area contributed by atoms with Crippen molar-refractivity contribution in [3.63, 3.8) is 0 Å². The third kappa shape index (κ3) is 2.71. The van der Waals surface area contributed by atoms with E-state index < -0.39 is 0 Å². The molecule has 2 aromatic rings. The largest absolute Gasteiger partial charge is 0.384 e. The number of nitrogens with zero attached hydrogens (tertiary/aromatic N) is 2. The van der Waals surface area contributed by atoms with Crippen LogP contribution in [0, 0.1) is 0 Å². The molecule has 0 spiro atoms. The number of aromatic nitrogens is 2. The zero-order valence-electron chi connectivity index (χ0n) is 10.6. The molecule has 0 aliphatic heterocycles. The third-order valence-corrected chi connectivity index (χ3v) is 3.89. The van der Waals surface area contributed by atoms with Crippen LogP contribution in [0.4, 0.5) is 5.82 Å². The van der Waals surface area contributed by atoms with Crippen molar-refractivity contribution in [3.8, 4) is 11.4 Å². The number of halogens is 1. The number of benzene rings is 1. The Hall–Kier alpha value is -1.61. The Morgan fingerprint density at radius 3 is 2.42 bits per heavy atom. The fourth-order valence-electron chi connectivity index (χ4n) is 2.64. The van der Waals surface area contributed by atoms with Gasteiger partial charge in [0.15, 0.2) is 5.82 Å². The molecule has 0 radical (unpaired) electrons. The van der Waals surface area contributed by atoms with Crippen LogP contribution in [0.1, 0.15) is 37.3 Å². The average Bonchev–Trinajstić information content (AvgIpc) is 2.93. The van der Waals surface area contributed by atoms with Crippen LogP contribution in [0.15, 0.2) is 30.3 Å². The van der Waals surface area contributed by atoms with Crippen molar-refractivity contribution >= 4 is 17.4 Å². The van der Waals surface area contributed by atoms with Gasteiger partial charge < -0.3 is 5.73 Å². The molecule has 1 aliphatic rings. The standard InChI is InChI=1S/C15H16ClN3/c16-12-7-5-11(6-8-12)15-18-13(9-14(17)19-15)10-3-1-2-4-10/h5-10H,1-4H2,(H2,17,18,19). The lowest BCUT2D eigenvalue weighted by Gasteiger charge is -2.11. The Balaban J connectivity index is 1.99. The van der Waals surface area contributed by atoms with Crippen molar-refractivity contribution in [2.45, 2.75) is 31.6 Å². The summed E-state index contributed by atoms with van der Waals surface area (Å²) in [7, 11) is 0. The first kappa shape index (κ1) is 12.4. The first-order valence-electron chi connectivity index (χ1n) is 6.63. The van der Waals surface area contributed by atoms with Crippen LogP contribution in [-0.2, 0) is 0 Å². The van der Waals surface area contributed by atoms with Crippen molar-refractivity contribution in [1.82, 2.24) is 9.97 Å². The maximum atomic E-state index is 5.92. The van der Waals surface area contributed by atoms with E-state index in [2.05, 4.69) is 9.97 Å². The fraction of sp³-hybridized carbons (Fsp3) is 0.333. The normalized spacial score (nSPS) is 15.8. The van der Waals surface area contributed by atoms with Crippen LogP contribution in [-0.4, -0.2) is 9.97 Å². The highest BCUT2D eigenvalue weighted by molar-refractivity contribution is 6.30. The van der Waals surface area contributed by atoms with Gasteiger partial charge in [0.2, 0.25) is 0 Å². The highest BCUT2D eigenvalue weighted by atomic mass is 35.5. The lowest BCUT2D eigenvalue weighted by molar-refractivity contribution is 0.696. The number of nitrogens with two attached hydrogens (primary N) is 1. The summed E-state index contributed by atoms with van der Waals surface area (Å²) >= 11 is 5.90. The molecular formula is C15H16ClN3. The van der Waals surface area contributed by atoms with Gasteiger partial charge in [-0.05, 0) is 37.1 Å². The van der Waals surface area contributed by atoms with E-state index in [1.807, 2.05) is 30.3 Å². The smallest absolute Gasteiger partial charge is 0.161 e. The summed E-state index contributed by atoms with van der Waals surface area (Å²) in [6.45, 7) is 0. The third-order valence-electron chi connectivity index (χ3n) is 3.64. The Bertz CT molecular complexity index is 574. The number of nitrogen functional groups attached to an aromatic ring is 1. The van der Waals surface area contributed by atoms with Crippen molar-refractivity contribution in [2.75, 3.05) is 5.73 Å². The van der Waals surface area contributed by atoms with Crippen molar-refractivity contribution in [2.24, 2.45) is 0 Å². The van der Waals surface area contributed by atoms with Crippen LogP contribution in [0.3, 0.4) is 0 Å². The van der Waals surface area contributed by atoms with Gasteiger partial charge in [-0.2, -0.15) is 0 Å². The van der Waals surface area contributed by atoms with Crippen LogP contribution < -0.4 is 5.73 Å². The first-order valence-corrected chi connectivity index (χ1v) is 7.00. The van der Waals surface area contributed by atoms with Gasteiger partial charge in [0, 0.05) is 28.3 Å². The van der Waals surface area contributed by atoms with Gasteiger partial charge in [-0.3, -0.25) is 0 Å². The van der Waals surface area contributed by atoms with E-state index in [9.17, 15) is 0 Å². The molecule has 1 aromatic carbocycles. The number of hydrogen-bond donors (Lipinski definition) is 1. The summed E-state index contributed by atoms with van der Waals surface area (Å²) in [5.74, 6) is 1.77. The quantitative estimate of drug-likeness (QED) is 0.898.